The fourth-order valence-electron chi connectivity index (χ4n) is 4.32. The summed E-state index contributed by atoms with van der Waals surface area (Å²) >= 11 is 7.53. The molecule has 5 rings (SSSR count). The van der Waals surface area contributed by atoms with Gasteiger partial charge < -0.3 is 16.0 Å². The van der Waals surface area contributed by atoms with Crippen molar-refractivity contribution in [3.05, 3.63) is 167 Å². The van der Waals surface area contributed by atoms with Gasteiger partial charge in [-0.3, -0.25) is 14.4 Å². The van der Waals surface area contributed by atoms with Gasteiger partial charge >= 0.3 is 0 Å². The molecule has 3 N–H and O–H groups in total. The Kier molecular flexibility index (Phi) is 10.3. The lowest BCUT2D eigenvalue weighted by Gasteiger charge is -2.18. The van der Waals surface area contributed by atoms with E-state index in [0.717, 1.165) is 10.5 Å². The van der Waals surface area contributed by atoms with Gasteiger partial charge in [-0.15, -0.1) is 11.8 Å². The molecule has 3 amide bonds. The summed E-state index contributed by atoms with van der Waals surface area (Å²) in [4.78, 5) is 40.7. The van der Waals surface area contributed by atoms with Crippen LogP contribution in [0.25, 0.3) is 6.08 Å². The number of thioether (sulfide) groups is 1. The van der Waals surface area contributed by atoms with E-state index in [4.69, 9.17) is 11.6 Å². The third-order valence-corrected chi connectivity index (χ3v) is 7.90. The van der Waals surface area contributed by atoms with E-state index >= 15 is 0 Å². The van der Waals surface area contributed by atoms with Crippen molar-refractivity contribution in [1.82, 2.24) is 5.32 Å². The molecule has 6 nitrogen and oxygen atoms in total. The first-order chi connectivity index (χ1) is 21.4. The second-order valence-corrected chi connectivity index (χ2v) is 11.3. The molecule has 5 aromatic rings. The highest BCUT2D eigenvalue weighted by Crippen LogP contribution is 2.37. The first-order valence-electron chi connectivity index (χ1n) is 13.8. The average Bonchev–Trinajstić information content (AvgIpc) is 3.05. The van der Waals surface area contributed by atoms with E-state index in [9.17, 15) is 14.4 Å². The third-order valence-electron chi connectivity index (χ3n) is 6.42. The first-order valence-corrected chi connectivity index (χ1v) is 15.0. The molecule has 0 fully saturated rings. The van der Waals surface area contributed by atoms with Crippen molar-refractivity contribution >= 4 is 58.5 Å². The highest BCUT2D eigenvalue weighted by Gasteiger charge is 2.23. The molecule has 0 aliphatic carbocycles. The van der Waals surface area contributed by atoms with Crippen molar-refractivity contribution in [2.45, 2.75) is 10.1 Å². The lowest BCUT2D eigenvalue weighted by molar-refractivity contribution is -0.116. The highest BCUT2D eigenvalue weighted by molar-refractivity contribution is 8.00. The number of benzene rings is 5. The standard InChI is InChI=1S/C36H28ClN3O3S/c37-28-17-10-12-25(22-28)23-32(40-34(41)27-15-6-2-7-16-27)35(42)39-30-20-11-21-31(24-30)44-33(26-13-4-1-5-14-26)36(43)38-29-18-8-3-9-19-29/h1-24,33H,(H,38,43)(H,39,42)(H,40,41)/b32-23-. The molecular weight excluding hydrogens is 590 g/mol. The van der Waals surface area contributed by atoms with Crippen molar-refractivity contribution in [2.75, 3.05) is 10.6 Å². The summed E-state index contributed by atoms with van der Waals surface area (Å²) < 4.78 is 0. The maximum absolute atomic E-state index is 13.5. The van der Waals surface area contributed by atoms with Crippen LogP contribution in [0.15, 0.2) is 150 Å². The lowest BCUT2D eigenvalue weighted by Crippen LogP contribution is -2.30. The average molecular weight is 618 g/mol. The zero-order valence-electron chi connectivity index (χ0n) is 23.4. The maximum atomic E-state index is 13.5. The summed E-state index contributed by atoms with van der Waals surface area (Å²) in [6.07, 6.45) is 1.57. The number of halogens is 1. The summed E-state index contributed by atoms with van der Waals surface area (Å²) in [5, 5.41) is 8.57. The van der Waals surface area contributed by atoms with Gasteiger partial charge in [0.15, 0.2) is 0 Å². The van der Waals surface area contributed by atoms with Crippen molar-refractivity contribution < 1.29 is 14.4 Å². The number of hydrogen-bond donors (Lipinski definition) is 3. The molecule has 1 unspecified atom stereocenters. The first kappa shape index (κ1) is 30.4. The van der Waals surface area contributed by atoms with Crippen LogP contribution >= 0.6 is 23.4 Å². The molecule has 0 saturated heterocycles. The quantitative estimate of drug-likeness (QED) is 0.109. The Hall–Kier alpha value is -5.11. The van der Waals surface area contributed by atoms with Crippen LogP contribution < -0.4 is 16.0 Å². The number of hydrogen-bond acceptors (Lipinski definition) is 4. The molecule has 218 valence electrons. The van der Waals surface area contributed by atoms with Gasteiger partial charge in [0.05, 0.1) is 0 Å². The van der Waals surface area contributed by atoms with E-state index in [-0.39, 0.29) is 11.6 Å². The molecular formula is C36H28ClN3O3S. The monoisotopic (exact) mass is 617 g/mol. The van der Waals surface area contributed by atoms with Gasteiger partial charge in [-0.1, -0.05) is 96.5 Å². The molecule has 0 aliphatic rings. The normalized spacial score (nSPS) is 11.7. The summed E-state index contributed by atoms with van der Waals surface area (Å²) in [7, 11) is 0. The second kappa shape index (κ2) is 14.9. The Morgan fingerprint density at radius 2 is 1.30 bits per heavy atom. The summed E-state index contributed by atoms with van der Waals surface area (Å²) in [6.45, 7) is 0. The smallest absolute Gasteiger partial charge is 0.272 e. The minimum absolute atomic E-state index is 0.0450. The van der Waals surface area contributed by atoms with Gasteiger partial charge in [-0.2, -0.15) is 0 Å². The number of amides is 3. The van der Waals surface area contributed by atoms with Crippen LogP contribution in [0, 0.1) is 0 Å². The summed E-state index contributed by atoms with van der Waals surface area (Å²) in [5.74, 6) is -1.11. The number of anilines is 2. The Morgan fingerprint density at radius 1 is 0.659 bits per heavy atom. The van der Waals surface area contributed by atoms with Crippen LogP contribution in [0.4, 0.5) is 11.4 Å². The number of rotatable bonds is 10. The SMILES string of the molecule is O=C(Nc1cccc(SC(C(=O)Nc2ccccc2)c2ccccc2)c1)/C(=C/c1cccc(Cl)c1)NC(=O)c1ccccc1. The zero-order valence-corrected chi connectivity index (χ0v) is 25.0. The molecule has 0 aromatic heterocycles. The van der Waals surface area contributed by atoms with E-state index in [1.807, 2.05) is 72.8 Å². The molecule has 0 aliphatic heterocycles. The van der Waals surface area contributed by atoms with E-state index in [1.165, 1.54) is 11.8 Å². The fraction of sp³-hybridized carbons (Fsp3) is 0.0278. The van der Waals surface area contributed by atoms with Crippen LogP contribution in [0.5, 0.6) is 0 Å². The van der Waals surface area contributed by atoms with Crippen LogP contribution in [-0.2, 0) is 9.59 Å². The van der Waals surface area contributed by atoms with Crippen LogP contribution in [-0.4, -0.2) is 17.7 Å². The number of nitrogens with one attached hydrogen (secondary N) is 3. The van der Waals surface area contributed by atoms with Gasteiger partial charge in [0.25, 0.3) is 11.8 Å². The Morgan fingerprint density at radius 3 is 2.00 bits per heavy atom. The van der Waals surface area contributed by atoms with Crippen LogP contribution in [0.2, 0.25) is 5.02 Å². The molecule has 0 heterocycles. The highest BCUT2D eigenvalue weighted by atomic mass is 35.5. The molecule has 0 radical (unpaired) electrons. The van der Waals surface area contributed by atoms with Gasteiger partial charge in [0.1, 0.15) is 10.9 Å². The van der Waals surface area contributed by atoms with E-state index in [0.29, 0.717) is 27.5 Å². The van der Waals surface area contributed by atoms with E-state index < -0.39 is 17.1 Å². The van der Waals surface area contributed by atoms with Crippen molar-refractivity contribution in [2.24, 2.45) is 0 Å². The maximum Gasteiger partial charge on any atom is 0.272 e. The van der Waals surface area contributed by atoms with E-state index in [2.05, 4.69) is 16.0 Å². The van der Waals surface area contributed by atoms with E-state index in [1.54, 1.807) is 72.8 Å². The van der Waals surface area contributed by atoms with Gasteiger partial charge in [0.2, 0.25) is 5.91 Å². The molecule has 0 saturated carbocycles. The minimum Gasteiger partial charge on any atom is -0.325 e. The molecule has 8 heteroatoms. The minimum atomic E-state index is -0.550. The van der Waals surface area contributed by atoms with Crippen molar-refractivity contribution in [1.29, 1.82) is 0 Å². The Labute approximate surface area is 265 Å². The third kappa shape index (κ3) is 8.47. The molecule has 0 spiro atoms. The Bertz CT molecular complexity index is 1780. The molecule has 44 heavy (non-hydrogen) atoms. The molecule has 5 aromatic carbocycles. The van der Waals surface area contributed by atoms with Crippen molar-refractivity contribution in [3.63, 3.8) is 0 Å². The predicted molar refractivity (Wildman–Crippen MR) is 179 cm³/mol. The predicted octanol–water partition coefficient (Wildman–Crippen LogP) is 8.22. The number of carbonyl (C=O) groups is 3. The zero-order chi connectivity index (χ0) is 30.7. The van der Waals surface area contributed by atoms with Gasteiger partial charge in [-0.05, 0) is 71.8 Å². The molecule has 1 atom stereocenters. The fourth-order valence-corrected chi connectivity index (χ4v) is 5.60. The topological polar surface area (TPSA) is 87.3 Å². The summed E-state index contributed by atoms with van der Waals surface area (Å²) in [5.41, 5.74) is 3.16. The van der Waals surface area contributed by atoms with Crippen LogP contribution in [0.1, 0.15) is 26.7 Å². The number of para-hydroxylation sites is 1. The van der Waals surface area contributed by atoms with Crippen molar-refractivity contribution in [3.8, 4) is 0 Å². The lowest BCUT2D eigenvalue weighted by atomic mass is 10.1. The molecule has 0 bridgehead atoms. The number of carbonyl (C=O) groups excluding carboxylic acids is 3. The summed E-state index contributed by atoms with van der Waals surface area (Å²) in [6, 6.07) is 41.7. The largest absolute Gasteiger partial charge is 0.325 e. The second-order valence-electron chi connectivity index (χ2n) is 9.68. The Balaban J connectivity index is 1.37. The van der Waals surface area contributed by atoms with Gasteiger partial charge in [-0.25, -0.2) is 0 Å². The van der Waals surface area contributed by atoms with Gasteiger partial charge in [0, 0.05) is 26.9 Å². The van der Waals surface area contributed by atoms with Crippen LogP contribution in [0.3, 0.4) is 0 Å².